The Balaban J connectivity index is 1.61. The van der Waals surface area contributed by atoms with Crippen molar-refractivity contribution in [3.63, 3.8) is 0 Å². The summed E-state index contributed by atoms with van der Waals surface area (Å²) in [6.07, 6.45) is 1.43. The molecule has 0 unspecified atom stereocenters. The summed E-state index contributed by atoms with van der Waals surface area (Å²) >= 11 is 6.86. The van der Waals surface area contributed by atoms with Crippen LogP contribution in [-0.2, 0) is 6.61 Å². The van der Waals surface area contributed by atoms with Gasteiger partial charge in [0.2, 0.25) is 0 Å². The van der Waals surface area contributed by atoms with Crippen LogP contribution in [0.3, 0.4) is 0 Å². The van der Waals surface area contributed by atoms with Crippen molar-refractivity contribution in [1.29, 1.82) is 0 Å². The van der Waals surface area contributed by atoms with Crippen LogP contribution in [0.5, 0.6) is 5.75 Å². The van der Waals surface area contributed by atoms with Gasteiger partial charge in [-0.25, -0.2) is 5.43 Å². The summed E-state index contributed by atoms with van der Waals surface area (Å²) in [5.74, 6) is 0.0164. The molecular weight excluding hydrogens is 564 g/mol. The normalized spacial score (nSPS) is 10.7. The lowest BCUT2D eigenvalue weighted by molar-refractivity contribution is -0.385. The van der Waals surface area contributed by atoms with E-state index < -0.39 is 15.8 Å². The molecule has 33 heavy (non-hydrogen) atoms. The van der Waals surface area contributed by atoms with Gasteiger partial charge in [0.25, 0.3) is 17.3 Å². The Bertz CT molecular complexity index is 1210. The first kappa shape index (κ1) is 24.0. The lowest BCUT2D eigenvalue weighted by atomic mass is 10.2. The van der Waals surface area contributed by atoms with E-state index in [1.54, 1.807) is 24.3 Å². The van der Waals surface area contributed by atoms with Crippen molar-refractivity contribution in [1.82, 2.24) is 5.43 Å². The first-order valence-electron chi connectivity index (χ1n) is 9.17. The predicted octanol–water partition coefficient (Wildman–Crippen LogP) is 5.37. The second kappa shape index (κ2) is 10.8. The molecule has 10 nitrogen and oxygen atoms in total. The zero-order chi connectivity index (χ0) is 24.0. The Morgan fingerprint density at radius 3 is 1.97 bits per heavy atom. The van der Waals surface area contributed by atoms with Crippen molar-refractivity contribution in [2.45, 2.75) is 6.61 Å². The zero-order valence-corrected chi connectivity index (χ0v) is 19.8. The molecule has 1 N–H and O–H groups in total. The number of nitrogens with one attached hydrogen (secondary N) is 1. The van der Waals surface area contributed by atoms with Crippen LogP contribution >= 0.6 is 31.9 Å². The number of hydrogen-bond donors (Lipinski definition) is 1. The van der Waals surface area contributed by atoms with Gasteiger partial charge >= 0.3 is 0 Å². The molecule has 1 amide bonds. The zero-order valence-electron chi connectivity index (χ0n) is 16.6. The van der Waals surface area contributed by atoms with Crippen molar-refractivity contribution in [3.8, 4) is 5.75 Å². The van der Waals surface area contributed by atoms with E-state index in [0.717, 1.165) is 5.56 Å². The standard InChI is InChI=1S/C21H14Br2N4O6/c22-18-9-14(11-24-25-21(28)15-3-7-17(8-4-15)27(31)32)10-19(23)20(18)33-12-13-1-5-16(6-2-13)26(29)30/h1-11H,12H2,(H,25,28). The summed E-state index contributed by atoms with van der Waals surface area (Å²) in [6.45, 7) is 0.202. The molecule has 3 aromatic rings. The number of nitro benzene ring substituents is 2. The second-order valence-corrected chi connectivity index (χ2v) is 8.24. The van der Waals surface area contributed by atoms with Crippen molar-refractivity contribution in [2.24, 2.45) is 5.10 Å². The summed E-state index contributed by atoms with van der Waals surface area (Å²) in [6, 6.07) is 14.7. The molecule has 0 saturated carbocycles. The maximum absolute atomic E-state index is 12.1. The molecule has 0 saturated heterocycles. The van der Waals surface area contributed by atoms with E-state index in [-0.39, 0.29) is 23.5 Å². The molecule has 3 aromatic carbocycles. The van der Waals surface area contributed by atoms with E-state index >= 15 is 0 Å². The van der Waals surface area contributed by atoms with E-state index in [4.69, 9.17) is 4.74 Å². The number of hydrazone groups is 1. The van der Waals surface area contributed by atoms with Crippen LogP contribution in [0, 0.1) is 20.2 Å². The van der Waals surface area contributed by atoms with Gasteiger partial charge in [-0.15, -0.1) is 0 Å². The highest BCUT2D eigenvalue weighted by Crippen LogP contribution is 2.35. The number of nitrogens with zero attached hydrogens (tertiary/aromatic N) is 3. The SMILES string of the molecule is O=C(NN=Cc1cc(Br)c(OCc2ccc([N+](=O)[O-])cc2)c(Br)c1)c1ccc([N+](=O)[O-])cc1. The highest BCUT2D eigenvalue weighted by Gasteiger charge is 2.11. The van der Waals surface area contributed by atoms with Crippen molar-refractivity contribution >= 4 is 55.4 Å². The van der Waals surface area contributed by atoms with Gasteiger partial charge in [-0.2, -0.15) is 5.10 Å². The van der Waals surface area contributed by atoms with E-state index in [1.165, 1.54) is 42.6 Å². The molecule has 0 aliphatic carbocycles. The Morgan fingerprint density at radius 2 is 1.45 bits per heavy atom. The van der Waals surface area contributed by atoms with Gasteiger partial charge in [-0.3, -0.25) is 25.0 Å². The van der Waals surface area contributed by atoms with Crippen molar-refractivity contribution < 1.29 is 19.4 Å². The minimum absolute atomic E-state index is 0.00502. The van der Waals surface area contributed by atoms with Gasteiger partial charge in [-0.1, -0.05) is 0 Å². The Hall–Kier alpha value is -3.64. The third-order valence-corrected chi connectivity index (χ3v) is 5.45. The lowest BCUT2D eigenvalue weighted by Gasteiger charge is -2.11. The van der Waals surface area contributed by atoms with Crippen molar-refractivity contribution in [2.75, 3.05) is 0 Å². The number of benzene rings is 3. The van der Waals surface area contributed by atoms with E-state index in [0.29, 0.717) is 20.3 Å². The van der Waals surface area contributed by atoms with Gasteiger partial charge in [0.1, 0.15) is 12.4 Å². The molecule has 0 fully saturated rings. The molecule has 0 bridgehead atoms. The molecule has 0 aliphatic rings. The third kappa shape index (κ3) is 6.43. The molecule has 168 valence electrons. The molecule has 0 radical (unpaired) electrons. The number of rotatable bonds is 8. The minimum atomic E-state index is -0.547. The van der Waals surface area contributed by atoms with Crippen LogP contribution in [0.2, 0.25) is 0 Å². The fraction of sp³-hybridized carbons (Fsp3) is 0.0476. The first-order valence-corrected chi connectivity index (χ1v) is 10.8. The number of halogens is 2. The quantitative estimate of drug-likeness (QED) is 0.217. The number of ether oxygens (including phenoxy) is 1. The molecule has 3 rings (SSSR count). The third-order valence-electron chi connectivity index (χ3n) is 4.27. The summed E-state index contributed by atoms with van der Waals surface area (Å²) in [5, 5.41) is 25.3. The van der Waals surface area contributed by atoms with Crippen LogP contribution in [0.4, 0.5) is 11.4 Å². The maximum atomic E-state index is 12.1. The van der Waals surface area contributed by atoms with Crippen LogP contribution in [0.1, 0.15) is 21.5 Å². The number of carbonyl (C=O) groups is 1. The van der Waals surface area contributed by atoms with Gasteiger partial charge in [0.05, 0.1) is 25.0 Å². The van der Waals surface area contributed by atoms with Crippen LogP contribution in [0.25, 0.3) is 0 Å². The van der Waals surface area contributed by atoms with Crippen molar-refractivity contribution in [3.05, 3.63) is 107 Å². The first-order chi connectivity index (χ1) is 15.7. The fourth-order valence-corrected chi connectivity index (χ4v) is 4.08. The Labute approximate surface area is 203 Å². The van der Waals surface area contributed by atoms with E-state index in [2.05, 4.69) is 42.4 Å². The molecule has 0 spiro atoms. The maximum Gasteiger partial charge on any atom is 0.271 e. The summed E-state index contributed by atoms with van der Waals surface area (Å²) < 4.78 is 7.06. The average Bonchev–Trinajstić information content (AvgIpc) is 2.78. The summed E-state index contributed by atoms with van der Waals surface area (Å²) in [4.78, 5) is 32.5. The lowest BCUT2D eigenvalue weighted by Crippen LogP contribution is -2.17. The molecular formula is C21H14Br2N4O6. The monoisotopic (exact) mass is 576 g/mol. The number of amides is 1. The smallest absolute Gasteiger partial charge is 0.271 e. The molecule has 0 aromatic heterocycles. The Kier molecular flexibility index (Phi) is 7.85. The second-order valence-electron chi connectivity index (χ2n) is 6.53. The van der Waals surface area contributed by atoms with E-state index in [9.17, 15) is 25.0 Å². The van der Waals surface area contributed by atoms with Crippen LogP contribution in [0.15, 0.2) is 74.7 Å². The van der Waals surface area contributed by atoms with Crippen LogP contribution < -0.4 is 10.2 Å². The van der Waals surface area contributed by atoms with Crippen LogP contribution in [-0.4, -0.2) is 22.0 Å². The summed E-state index contributed by atoms with van der Waals surface area (Å²) in [5.41, 5.74) is 3.90. The molecule has 12 heteroatoms. The number of nitro groups is 2. The number of carbonyl (C=O) groups excluding carboxylic acids is 1. The van der Waals surface area contributed by atoms with Gasteiger partial charge in [0, 0.05) is 29.8 Å². The van der Waals surface area contributed by atoms with Gasteiger partial charge in [-0.05, 0) is 79.4 Å². The highest BCUT2D eigenvalue weighted by molar-refractivity contribution is 9.11. The number of non-ortho nitro benzene ring substituents is 2. The minimum Gasteiger partial charge on any atom is -0.487 e. The highest BCUT2D eigenvalue weighted by atomic mass is 79.9. The number of hydrogen-bond acceptors (Lipinski definition) is 7. The predicted molar refractivity (Wildman–Crippen MR) is 127 cm³/mol. The molecule has 0 heterocycles. The average molecular weight is 578 g/mol. The fourth-order valence-electron chi connectivity index (χ4n) is 2.63. The molecule has 0 atom stereocenters. The molecule has 0 aliphatic heterocycles. The Morgan fingerprint density at radius 1 is 0.939 bits per heavy atom. The van der Waals surface area contributed by atoms with Gasteiger partial charge in [0.15, 0.2) is 0 Å². The summed E-state index contributed by atoms with van der Waals surface area (Å²) in [7, 11) is 0. The van der Waals surface area contributed by atoms with E-state index in [1.807, 2.05) is 0 Å². The largest absolute Gasteiger partial charge is 0.487 e. The topological polar surface area (TPSA) is 137 Å². The van der Waals surface area contributed by atoms with Gasteiger partial charge < -0.3 is 4.74 Å².